The van der Waals surface area contributed by atoms with Crippen molar-refractivity contribution >= 4 is 47.4 Å². The van der Waals surface area contributed by atoms with Crippen molar-refractivity contribution in [2.24, 2.45) is 27.9 Å². The van der Waals surface area contributed by atoms with Crippen LogP contribution in [-0.4, -0.2) is 84.6 Å². The monoisotopic (exact) mass is 634 g/mol. The van der Waals surface area contributed by atoms with Crippen molar-refractivity contribution in [2.45, 2.75) is 69.1 Å². The van der Waals surface area contributed by atoms with E-state index in [1.807, 2.05) is 0 Å². The number of carboxylic acid groups (broad SMARTS) is 1. The standard InChI is InChI=1S/C28H46N10O5S/c1-33-16-19(35-17-44)15-22(37-24(39)20(30)10-7-13-34-28(31)32)26(41)36-21(11-5-6-12-29)25(40)38-23(27(42)43)14-18-8-3-2-4-9-18/h2-4,8-9,16-17,20-23,33H,5-7,10-15,29-30H2,1H3,(H,35,44)(H,36,41)(H,37,39)(H,38,40)(H,42,43)(H4,31,32,34)/b19-16-. The van der Waals surface area contributed by atoms with Crippen LogP contribution in [0, 0.1) is 0 Å². The number of aliphatic carboxylic acids is 1. The number of carbonyl (C=O) groups is 4. The maximum atomic E-state index is 13.6. The van der Waals surface area contributed by atoms with E-state index in [2.05, 4.69) is 31.6 Å². The van der Waals surface area contributed by atoms with Gasteiger partial charge in [0.1, 0.15) is 18.1 Å². The Hall–Kier alpha value is -4.28. The Balaban J connectivity index is 3.15. The zero-order chi connectivity index (χ0) is 32.9. The highest BCUT2D eigenvalue weighted by Gasteiger charge is 2.30. The minimum Gasteiger partial charge on any atom is -0.480 e. The molecule has 14 N–H and O–H groups in total. The number of hydrogen-bond donors (Lipinski definition) is 10. The fraction of sp³-hybridized carbons (Fsp3) is 0.500. The summed E-state index contributed by atoms with van der Waals surface area (Å²) in [6, 6.07) is 4.38. The molecule has 0 spiro atoms. The van der Waals surface area contributed by atoms with Crippen molar-refractivity contribution in [1.29, 1.82) is 0 Å². The van der Waals surface area contributed by atoms with Gasteiger partial charge in [-0.05, 0) is 44.2 Å². The van der Waals surface area contributed by atoms with Crippen molar-refractivity contribution in [2.75, 3.05) is 20.1 Å². The predicted octanol–water partition coefficient (Wildman–Crippen LogP) is -1.72. The summed E-state index contributed by atoms with van der Waals surface area (Å²) in [5, 5.41) is 23.3. The summed E-state index contributed by atoms with van der Waals surface area (Å²) in [4.78, 5) is 55.7. The molecule has 44 heavy (non-hydrogen) atoms. The number of aliphatic imine (C=N–C) groups is 1. The Labute approximate surface area is 263 Å². The molecule has 0 heterocycles. The van der Waals surface area contributed by atoms with E-state index in [0.29, 0.717) is 31.5 Å². The van der Waals surface area contributed by atoms with Crippen LogP contribution in [0.3, 0.4) is 0 Å². The Morgan fingerprint density at radius 1 is 0.932 bits per heavy atom. The first-order chi connectivity index (χ1) is 21.0. The van der Waals surface area contributed by atoms with Crippen molar-refractivity contribution in [1.82, 2.24) is 26.6 Å². The third-order valence-electron chi connectivity index (χ3n) is 6.40. The number of hydrogen-bond acceptors (Lipinski definition) is 9. The van der Waals surface area contributed by atoms with E-state index in [1.165, 1.54) is 5.49 Å². The lowest BCUT2D eigenvalue weighted by atomic mass is 10.0. The number of carbonyl (C=O) groups excluding carboxylic acids is 3. The predicted molar refractivity (Wildman–Crippen MR) is 173 cm³/mol. The van der Waals surface area contributed by atoms with Crippen LogP contribution in [0.25, 0.3) is 0 Å². The van der Waals surface area contributed by atoms with Gasteiger partial charge in [0.25, 0.3) is 0 Å². The zero-order valence-corrected chi connectivity index (χ0v) is 25.8. The quantitative estimate of drug-likeness (QED) is 0.0295. The van der Waals surface area contributed by atoms with Crippen LogP contribution in [0.2, 0.25) is 0 Å². The van der Waals surface area contributed by atoms with E-state index in [-0.39, 0.29) is 38.2 Å². The zero-order valence-electron chi connectivity index (χ0n) is 25.0. The van der Waals surface area contributed by atoms with E-state index in [0.717, 1.165) is 5.56 Å². The lowest BCUT2D eigenvalue weighted by molar-refractivity contribution is -0.142. The van der Waals surface area contributed by atoms with Gasteiger partial charge in [-0.2, -0.15) is 0 Å². The van der Waals surface area contributed by atoms with Crippen LogP contribution in [0.5, 0.6) is 0 Å². The molecule has 0 saturated carbocycles. The summed E-state index contributed by atoms with van der Waals surface area (Å²) < 4.78 is 0. The van der Waals surface area contributed by atoms with Crippen LogP contribution < -0.4 is 49.5 Å². The second-order valence-electron chi connectivity index (χ2n) is 9.98. The third-order valence-corrected chi connectivity index (χ3v) is 6.52. The molecule has 244 valence electrons. The van der Waals surface area contributed by atoms with Gasteiger partial charge in [-0.25, -0.2) is 4.79 Å². The van der Waals surface area contributed by atoms with Crippen molar-refractivity contribution in [3.63, 3.8) is 0 Å². The van der Waals surface area contributed by atoms with Crippen molar-refractivity contribution < 1.29 is 24.3 Å². The third kappa shape index (κ3) is 15.3. The average Bonchev–Trinajstić information content (AvgIpc) is 2.98. The first-order valence-corrected chi connectivity index (χ1v) is 14.7. The average molecular weight is 635 g/mol. The molecule has 0 fully saturated rings. The largest absolute Gasteiger partial charge is 0.480 e. The summed E-state index contributed by atoms with van der Waals surface area (Å²) in [7, 11) is 1.65. The molecular weight excluding hydrogens is 588 g/mol. The Morgan fingerprint density at radius 2 is 1.57 bits per heavy atom. The summed E-state index contributed by atoms with van der Waals surface area (Å²) in [6.07, 6.45) is 3.51. The summed E-state index contributed by atoms with van der Waals surface area (Å²) >= 11 is 4.89. The molecule has 0 radical (unpaired) electrons. The lowest BCUT2D eigenvalue weighted by Crippen LogP contribution is -2.57. The van der Waals surface area contributed by atoms with E-state index in [4.69, 9.17) is 35.2 Å². The molecule has 1 aromatic carbocycles. The Bertz CT molecular complexity index is 1130. The summed E-state index contributed by atoms with van der Waals surface area (Å²) in [6.45, 7) is 0.650. The number of nitrogens with two attached hydrogens (primary N) is 4. The van der Waals surface area contributed by atoms with Gasteiger partial charge in [0.2, 0.25) is 17.7 Å². The molecule has 0 saturated heterocycles. The van der Waals surface area contributed by atoms with Crippen LogP contribution in [0.4, 0.5) is 0 Å². The van der Waals surface area contributed by atoms with Crippen LogP contribution in [0.1, 0.15) is 44.1 Å². The van der Waals surface area contributed by atoms with Crippen molar-refractivity contribution in [3.8, 4) is 0 Å². The lowest BCUT2D eigenvalue weighted by Gasteiger charge is -2.26. The number of benzene rings is 1. The molecule has 16 heteroatoms. The minimum absolute atomic E-state index is 0.0326. The number of thiocarbonyl (C=S) groups is 1. The van der Waals surface area contributed by atoms with Gasteiger partial charge < -0.3 is 54.6 Å². The van der Waals surface area contributed by atoms with E-state index < -0.39 is 47.9 Å². The SMILES string of the molecule is CN/C=C(/CC(NC(=O)C(N)CCCN=C(N)N)C(=O)NC(CCCCN)C(=O)NC(Cc1ccccc1)C(=O)O)NC=S. The molecule has 0 aliphatic heterocycles. The fourth-order valence-corrected chi connectivity index (χ4v) is 4.28. The molecule has 0 aliphatic rings. The second-order valence-corrected chi connectivity index (χ2v) is 10.2. The molecule has 0 aliphatic carbocycles. The first kappa shape index (κ1) is 37.7. The molecule has 0 bridgehead atoms. The van der Waals surface area contributed by atoms with E-state index in [9.17, 15) is 24.3 Å². The minimum atomic E-state index is -1.23. The highest BCUT2D eigenvalue weighted by atomic mass is 32.1. The van der Waals surface area contributed by atoms with Gasteiger partial charge >= 0.3 is 5.97 Å². The molecule has 1 rings (SSSR count). The van der Waals surface area contributed by atoms with Crippen LogP contribution in [0.15, 0.2) is 47.2 Å². The van der Waals surface area contributed by atoms with Gasteiger partial charge in [-0.15, -0.1) is 0 Å². The molecule has 1 aromatic rings. The van der Waals surface area contributed by atoms with Gasteiger partial charge in [0, 0.05) is 38.3 Å². The molecular formula is C28H46N10O5S. The second kappa shape index (κ2) is 21.4. The number of carboxylic acids is 1. The van der Waals surface area contributed by atoms with Gasteiger partial charge in [-0.3, -0.25) is 19.4 Å². The topological polar surface area (TPSA) is 265 Å². The smallest absolute Gasteiger partial charge is 0.326 e. The normalized spacial score (nSPS) is 13.8. The van der Waals surface area contributed by atoms with Gasteiger partial charge in [0.15, 0.2) is 5.96 Å². The molecule has 4 atom stereocenters. The number of guanidine groups is 1. The van der Waals surface area contributed by atoms with Crippen molar-refractivity contribution in [3.05, 3.63) is 47.8 Å². The van der Waals surface area contributed by atoms with Gasteiger partial charge in [0.05, 0.1) is 11.5 Å². The fourth-order valence-electron chi connectivity index (χ4n) is 4.12. The Kier molecular flexibility index (Phi) is 18.4. The van der Waals surface area contributed by atoms with E-state index in [1.54, 1.807) is 43.6 Å². The molecule has 4 unspecified atom stereocenters. The van der Waals surface area contributed by atoms with E-state index >= 15 is 0 Å². The van der Waals surface area contributed by atoms with Gasteiger partial charge in [-0.1, -0.05) is 42.5 Å². The summed E-state index contributed by atoms with van der Waals surface area (Å²) in [5.41, 5.74) is 24.8. The highest BCUT2D eigenvalue weighted by molar-refractivity contribution is 7.78. The van der Waals surface area contributed by atoms with Crippen LogP contribution >= 0.6 is 12.2 Å². The number of amides is 3. The molecule has 15 nitrogen and oxygen atoms in total. The number of rotatable bonds is 22. The molecule has 0 aromatic heterocycles. The van der Waals surface area contributed by atoms with Crippen LogP contribution in [-0.2, 0) is 25.6 Å². The number of unbranched alkanes of at least 4 members (excludes halogenated alkanes) is 1. The molecule has 3 amide bonds. The summed E-state index contributed by atoms with van der Waals surface area (Å²) in [5.74, 6) is -3.25. The Morgan fingerprint density at radius 3 is 2.16 bits per heavy atom. The highest BCUT2D eigenvalue weighted by Crippen LogP contribution is 2.09. The maximum absolute atomic E-state index is 13.6. The maximum Gasteiger partial charge on any atom is 0.326 e. The number of nitrogens with one attached hydrogen (secondary N) is 5. The first-order valence-electron chi connectivity index (χ1n) is 14.3. The number of nitrogens with zero attached hydrogens (tertiary/aromatic N) is 1.